The van der Waals surface area contributed by atoms with Gasteiger partial charge in [-0.3, -0.25) is 4.55 Å². The van der Waals surface area contributed by atoms with E-state index in [-0.39, 0.29) is 6.42 Å². The number of nitrogens with one attached hydrogen (secondary N) is 1. The van der Waals surface area contributed by atoms with Crippen molar-refractivity contribution in [3.63, 3.8) is 0 Å². The van der Waals surface area contributed by atoms with Gasteiger partial charge in [0.05, 0.1) is 0 Å². The Balaban J connectivity index is 0. The Morgan fingerprint density at radius 3 is 1.53 bits per heavy atom. The molecule has 0 saturated carbocycles. The first kappa shape index (κ1) is 31.3. The van der Waals surface area contributed by atoms with Crippen molar-refractivity contribution in [3.05, 3.63) is 0 Å². The maximum Gasteiger partial charge on any atom is 0.438 e. The summed E-state index contributed by atoms with van der Waals surface area (Å²) in [5.74, 6) is -29.4. The number of halogens is 11. The largest absolute Gasteiger partial charge is 0.438 e. The molecule has 4 nitrogen and oxygen atoms in total. The molecule has 0 saturated heterocycles. The fourth-order valence-corrected chi connectivity index (χ4v) is 2.33. The summed E-state index contributed by atoms with van der Waals surface area (Å²) >= 11 is 0. The van der Waals surface area contributed by atoms with Crippen LogP contribution in [-0.4, -0.2) is 62.2 Å². The van der Waals surface area contributed by atoms with Gasteiger partial charge in [0.25, 0.3) is 0 Å². The van der Waals surface area contributed by atoms with Crippen molar-refractivity contribution in [3.8, 4) is 0 Å². The van der Waals surface area contributed by atoms with Crippen molar-refractivity contribution in [2.24, 2.45) is 0 Å². The van der Waals surface area contributed by atoms with Crippen LogP contribution in [0.15, 0.2) is 0 Å². The molecule has 184 valence electrons. The lowest BCUT2D eigenvalue weighted by atomic mass is 9.93. The normalized spacial score (nSPS) is 15.4. The van der Waals surface area contributed by atoms with Crippen LogP contribution in [0.4, 0.5) is 48.3 Å². The van der Waals surface area contributed by atoms with E-state index in [2.05, 4.69) is 5.32 Å². The summed E-state index contributed by atoms with van der Waals surface area (Å²) < 4.78 is 174. The van der Waals surface area contributed by atoms with Crippen LogP contribution in [0.25, 0.3) is 0 Å². The highest BCUT2D eigenvalue weighted by Gasteiger charge is 2.89. The lowest BCUT2D eigenvalue weighted by Crippen LogP contribution is -2.70. The van der Waals surface area contributed by atoms with Gasteiger partial charge in [-0.15, -0.1) is 0 Å². The molecule has 0 rings (SSSR count). The number of alkyl halides is 11. The summed E-state index contributed by atoms with van der Waals surface area (Å²) in [6.45, 7) is 1.62. The van der Waals surface area contributed by atoms with Crippen molar-refractivity contribution < 1.29 is 61.3 Å². The highest BCUT2D eigenvalue weighted by Crippen LogP contribution is 2.59. The van der Waals surface area contributed by atoms with Crippen LogP contribution < -0.4 is 5.32 Å². The second-order valence-corrected chi connectivity index (χ2v) is 7.62. The Morgan fingerprint density at radius 1 is 0.800 bits per heavy atom. The van der Waals surface area contributed by atoms with Gasteiger partial charge in [0.15, 0.2) is 6.17 Å². The topological polar surface area (TPSA) is 66.4 Å². The highest BCUT2D eigenvalue weighted by atomic mass is 32.2. The van der Waals surface area contributed by atoms with Crippen molar-refractivity contribution in [2.45, 2.75) is 74.1 Å². The van der Waals surface area contributed by atoms with Gasteiger partial charge in [0.2, 0.25) is 0 Å². The molecule has 0 bridgehead atoms. The van der Waals surface area contributed by atoms with E-state index in [0.717, 1.165) is 0 Å². The molecule has 2 N–H and O–H groups in total. The molecular formula is C14H22F11NO3S. The summed E-state index contributed by atoms with van der Waals surface area (Å²) in [5, 5.41) is -4.52. The molecule has 16 heteroatoms. The third kappa shape index (κ3) is 5.87. The van der Waals surface area contributed by atoms with Crippen molar-refractivity contribution in [2.75, 3.05) is 14.1 Å². The molecule has 0 fully saturated rings. The van der Waals surface area contributed by atoms with Crippen molar-refractivity contribution in [1.82, 2.24) is 5.32 Å². The van der Waals surface area contributed by atoms with Crippen LogP contribution in [0.3, 0.4) is 0 Å². The summed E-state index contributed by atoms with van der Waals surface area (Å²) in [7, 11) is -3.68. The van der Waals surface area contributed by atoms with Crippen LogP contribution in [0.2, 0.25) is 0 Å². The van der Waals surface area contributed by atoms with Gasteiger partial charge in [0.1, 0.15) is 0 Å². The lowest BCUT2D eigenvalue weighted by Gasteiger charge is -2.39. The van der Waals surface area contributed by atoms with E-state index in [1.807, 2.05) is 14.1 Å². The zero-order valence-electron chi connectivity index (χ0n) is 15.9. The molecule has 0 aromatic rings. The number of unbranched alkanes of at least 4 members (excludes halogenated alkanes) is 3. The van der Waals surface area contributed by atoms with E-state index < -0.39 is 58.1 Å². The molecule has 1 atom stereocenters. The van der Waals surface area contributed by atoms with E-state index in [1.54, 1.807) is 6.92 Å². The molecule has 0 radical (unpaired) electrons. The molecule has 0 aliphatic rings. The Morgan fingerprint density at radius 2 is 1.20 bits per heavy atom. The fourth-order valence-electron chi connectivity index (χ4n) is 1.88. The van der Waals surface area contributed by atoms with E-state index in [4.69, 9.17) is 4.55 Å². The molecule has 0 spiro atoms. The quantitative estimate of drug-likeness (QED) is 0.237. The molecule has 0 aromatic heterocycles. The standard InChI is InChI=1S/C12H15F11O3S.C2H7N/c1-2-3-4-5-6-7(13)8(14,15)9(16,17)10(18,19)11(20,21)12(22,23)27(24,25)26;1-3-2/h7H,2-6H2,1H3,(H,24,25,26);3H,1-2H3. The Kier molecular flexibility index (Phi) is 11.1. The third-order valence-electron chi connectivity index (χ3n) is 3.60. The minimum Gasteiger partial charge on any atom is -0.323 e. The smallest absolute Gasteiger partial charge is 0.323 e. The Labute approximate surface area is 165 Å². The fraction of sp³-hybridized carbons (Fsp3) is 1.00. The van der Waals surface area contributed by atoms with E-state index in [9.17, 15) is 56.7 Å². The molecule has 0 amide bonds. The summed E-state index contributed by atoms with van der Waals surface area (Å²) in [5.41, 5.74) is 0. The summed E-state index contributed by atoms with van der Waals surface area (Å²) in [4.78, 5) is 0. The van der Waals surface area contributed by atoms with Gasteiger partial charge < -0.3 is 5.32 Å². The zero-order chi connectivity index (χ0) is 24.8. The second-order valence-electron chi connectivity index (χ2n) is 6.15. The van der Waals surface area contributed by atoms with E-state index in [0.29, 0.717) is 12.8 Å². The zero-order valence-corrected chi connectivity index (χ0v) is 16.8. The molecule has 1 unspecified atom stereocenters. The second kappa shape index (κ2) is 10.6. The minimum absolute atomic E-state index is 0.00590. The van der Waals surface area contributed by atoms with E-state index >= 15 is 0 Å². The van der Waals surface area contributed by atoms with Crippen molar-refractivity contribution >= 4 is 10.1 Å². The maximum absolute atomic E-state index is 13.4. The minimum atomic E-state index is -7.75. The average molecular weight is 493 g/mol. The van der Waals surface area contributed by atoms with Crippen LogP contribution in [0, 0.1) is 0 Å². The molecule has 0 aliphatic carbocycles. The first-order valence-corrected chi connectivity index (χ1v) is 9.67. The third-order valence-corrected chi connectivity index (χ3v) is 4.51. The predicted octanol–water partition coefficient (Wildman–Crippen LogP) is 5.15. The van der Waals surface area contributed by atoms with Gasteiger partial charge in [-0.05, 0) is 20.5 Å². The first-order chi connectivity index (χ1) is 13.1. The number of rotatable bonds is 11. The van der Waals surface area contributed by atoms with Gasteiger partial charge >= 0.3 is 39.1 Å². The SMILES string of the molecule is CCCCCCC(F)C(F)(F)C(F)(F)C(F)(F)C(F)(F)C(F)(F)S(=O)(=O)O.CNC. The Bertz CT molecular complexity index is 627. The van der Waals surface area contributed by atoms with E-state index in [1.165, 1.54) is 0 Å². The predicted molar refractivity (Wildman–Crippen MR) is 84.9 cm³/mol. The van der Waals surface area contributed by atoms with Crippen molar-refractivity contribution in [1.29, 1.82) is 0 Å². The summed E-state index contributed by atoms with van der Waals surface area (Å²) in [6.07, 6.45) is -5.30. The molecule has 0 heterocycles. The highest BCUT2D eigenvalue weighted by molar-refractivity contribution is 7.87. The van der Waals surface area contributed by atoms with Crippen LogP contribution in [0.5, 0.6) is 0 Å². The molecular weight excluding hydrogens is 471 g/mol. The Hall–Kier alpha value is -0.900. The molecule has 0 aromatic carbocycles. The monoisotopic (exact) mass is 493 g/mol. The van der Waals surface area contributed by atoms with Gasteiger partial charge in [0, 0.05) is 0 Å². The molecule has 30 heavy (non-hydrogen) atoms. The van der Waals surface area contributed by atoms with Gasteiger partial charge in [-0.25, -0.2) is 4.39 Å². The first-order valence-electron chi connectivity index (χ1n) is 8.23. The number of hydrogen-bond acceptors (Lipinski definition) is 3. The summed E-state index contributed by atoms with van der Waals surface area (Å²) in [6, 6.07) is 0. The number of hydrogen-bond donors (Lipinski definition) is 2. The van der Waals surface area contributed by atoms with Crippen LogP contribution in [0.1, 0.15) is 39.0 Å². The molecule has 0 aliphatic heterocycles. The average Bonchev–Trinajstić information content (AvgIpc) is 2.57. The van der Waals surface area contributed by atoms with Gasteiger partial charge in [-0.1, -0.05) is 32.6 Å². The maximum atomic E-state index is 13.4. The van der Waals surface area contributed by atoms with Crippen LogP contribution >= 0.6 is 0 Å². The lowest BCUT2D eigenvalue weighted by molar-refractivity contribution is -0.397. The van der Waals surface area contributed by atoms with Crippen LogP contribution in [-0.2, 0) is 10.1 Å². The van der Waals surface area contributed by atoms with Gasteiger partial charge in [-0.2, -0.15) is 52.3 Å².